The highest BCUT2D eigenvalue weighted by Crippen LogP contribution is 2.26. The minimum Gasteiger partial charge on any atom is -0.467 e. The fraction of sp³-hybridized carbons (Fsp3) is 0.458. The van der Waals surface area contributed by atoms with E-state index >= 15 is 0 Å². The van der Waals surface area contributed by atoms with Gasteiger partial charge in [0.15, 0.2) is 0 Å². The van der Waals surface area contributed by atoms with Crippen molar-refractivity contribution in [2.24, 2.45) is 5.92 Å². The van der Waals surface area contributed by atoms with Gasteiger partial charge in [-0.3, -0.25) is 0 Å². The second kappa shape index (κ2) is 9.99. The van der Waals surface area contributed by atoms with Crippen molar-refractivity contribution in [2.75, 3.05) is 54.5 Å². The molecule has 1 aromatic carbocycles. The van der Waals surface area contributed by atoms with Gasteiger partial charge < -0.3 is 24.3 Å². The van der Waals surface area contributed by atoms with E-state index in [-0.39, 0.29) is 0 Å². The molecule has 3 aromatic rings. The van der Waals surface area contributed by atoms with Gasteiger partial charge in [0.1, 0.15) is 5.76 Å². The molecule has 8 nitrogen and oxygen atoms in total. The number of benzene rings is 1. The number of piperidine rings is 1. The lowest BCUT2D eigenvalue weighted by Crippen LogP contribution is -2.39. The summed E-state index contributed by atoms with van der Waals surface area (Å²) in [6.45, 7) is 5.43. The second-order valence-corrected chi connectivity index (χ2v) is 8.41. The molecular formula is C24H30N6O2. The number of anilines is 3. The summed E-state index contributed by atoms with van der Waals surface area (Å²) < 4.78 is 10.9. The van der Waals surface area contributed by atoms with Gasteiger partial charge in [-0.2, -0.15) is 15.0 Å². The van der Waals surface area contributed by atoms with Gasteiger partial charge in [-0.25, -0.2) is 0 Å². The van der Waals surface area contributed by atoms with E-state index in [2.05, 4.69) is 45.4 Å². The summed E-state index contributed by atoms with van der Waals surface area (Å²) in [4.78, 5) is 18.8. The van der Waals surface area contributed by atoms with E-state index in [1.807, 2.05) is 12.1 Å². The van der Waals surface area contributed by atoms with Crippen molar-refractivity contribution >= 4 is 17.8 Å². The minimum atomic E-state index is 0.540. The molecule has 0 unspecified atom stereocenters. The molecule has 32 heavy (non-hydrogen) atoms. The van der Waals surface area contributed by atoms with Crippen LogP contribution < -0.4 is 15.1 Å². The molecule has 2 aliphatic rings. The zero-order chi connectivity index (χ0) is 21.6. The molecule has 2 aliphatic heterocycles. The molecule has 0 atom stereocenters. The maximum Gasteiger partial charge on any atom is 0.232 e. The molecule has 0 radical (unpaired) electrons. The summed E-state index contributed by atoms with van der Waals surface area (Å²) in [5.41, 5.74) is 1.42. The van der Waals surface area contributed by atoms with Crippen LogP contribution in [0.4, 0.5) is 17.8 Å². The van der Waals surface area contributed by atoms with Crippen molar-refractivity contribution in [3.05, 3.63) is 60.1 Å². The van der Waals surface area contributed by atoms with Crippen molar-refractivity contribution < 1.29 is 9.15 Å². The van der Waals surface area contributed by atoms with E-state index in [9.17, 15) is 0 Å². The number of morpholine rings is 1. The third-order valence-electron chi connectivity index (χ3n) is 6.17. The normalized spacial score (nSPS) is 17.5. The van der Waals surface area contributed by atoms with Gasteiger partial charge in [0, 0.05) is 26.2 Å². The lowest BCUT2D eigenvalue weighted by atomic mass is 9.90. The Labute approximate surface area is 188 Å². The molecule has 0 saturated carbocycles. The van der Waals surface area contributed by atoms with E-state index in [0.29, 0.717) is 37.6 Å². The SMILES string of the molecule is c1ccc(CC2CCN(c3nc(NCc4ccco4)nc(N4CCOCC4)n3)CC2)cc1. The predicted molar refractivity (Wildman–Crippen MR) is 124 cm³/mol. The first-order chi connectivity index (χ1) is 15.8. The molecule has 2 aromatic heterocycles. The number of hydrogen-bond acceptors (Lipinski definition) is 8. The third kappa shape index (κ3) is 5.19. The van der Waals surface area contributed by atoms with Crippen molar-refractivity contribution in [1.29, 1.82) is 0 Å². The second-order valence-electron chi connectivity index (χ2n) is 8.41. The summed E-state index contributed by atoms with van der Waals surface area (Å²) in [7, 11) is 0. The van der Waals surface area contributed by atoms with Gasteiger partial charge in [-0.05, 0) is 42.9 Å². The van der Waals surface area contributed by atoms with Crippen LogP contribution in [0.5, 0.6) is 0 Å². The molecule has 8 heteroatoms. The van der Waals surface area contributed by atoms with Crippen LogP contribution in [-0.2, 0) is 17.7 Å². The Morgan fingerprint density at radius 3 is 2.25 bits per heavy atom. The summed E-state index contributed by atoms with van der Waals surface area (Å²) in [6.07, 6.45) is 5.10. The average Bonchev–Trinajstić information content (AvgIpc) is 3.38. The highest BCUT2D eigenvalue weighted by atomic mass is 16.5. The first-order valence-corrected chi connectivity index (χ1v) is 11.5. The molecule has 2 fully saturated rings. The molecule has 0 spiro atoms. The number of furan rings is 1. The van der Waals surface area contributed by atoms with Crippen molar-refractivity contribution in [3.63, 3.8) is 0 Å². The van der Waals surface area contributed by atoms with Crippen LogP contribution in [-0.4, -0.2) is 54.3 Å². The summed E-state index contributed by atoms with van der Waals surface area (Å²) >= 11 is 0. The van der Waals surface area contributed by atoms with Gasteiger partial charge in [0.05, 0.1) is 26.0 Å². The van der Waals surface area contributed by atoms with Crippen molar-refractivity contribution in [3.8, 4) is 0 Å². The summed E-state index contributed by atoms with van der Waals surface area (Å²) in [6, 6.07) is 14.6. The van der Waals surface area contributed by atoms with Crippen LogP contribution >= 0.6 is 0 Å². The quantitative estimate of drug-likeness (QED) is 0.606. The zero-order valence-corrected chi connectivity index (χ0v) is 18.3. The first-order valence-electron chi connectivity index (χ1n) is 11.5. The maximum absolute atomic E-state index is 5.50. The standard InChI is InChI=1S/C24H30N6O2/c1-2-5-19(6-3-1)17-20-8-10-29(11-9-20)23-26-22(25-18-21-7-4-14-32-21)27-24(28-23)30-12-15-31-16-13-30/h1-7,14,20H,8-13,15-18H2,(H,25,26,27,28). The Kier molecular flexibility index (Phi) is 6.48. The van der Waals surface area contributed by atoms with E-state index < -0.39 is 0 Å². The van der Waals surface area contributed by atoms with Gasteiger partial charge >= 0.3 is 0 Å². The number of nitrogens with zero attached hydrogens (tertiary/aromatic N) is 5. The van der Waals surface area contributed by atoms with Crippen molar-refractivity contribution in [1.82, 2.24) is 15.0 Å². The van der Waals surface area contributed by atoms with E-state index in [4.69, 9.17) is 24.1 Å². The van der Waals surface area contributed by atoms with E-state index in [1.54, 1.807) is 6.26 Å². The summed E-state index contributed by atoms with van der Waals surface area (Å²) in [5.74, 6) is 3.60. The van der Waals surface area contributed by atoms with Gasteiger partial charge in [0.2, 0.25) is 17.8 Å². The average molecular weight is 435 g/mol. The van der Waals surface area contributed by atoms with Crippen LogP contribution in [0.15, 0.2) is 53.1 Å². The van der Waals surface area contributed by atoms with Crippen LogP contribution in [0.1, 0.15) is 24.2 Å². The highest BCUT2D eigenvalue weighted by molar-refractivity contribution is 5.46. The molecule has 2 saturated heterocycles. The molecule has 168 valence electrons. The monoisotopic (exact) mass is 434 g/mol. The molecule has 0 amide bonds. The topological polar surface area (TPSA) is 79.6 Å². The number of hydrogen-bond donors (Lipinski definition) is 1. The predicted octanol–water partition coefficient (Wildman–Crippen LogP) is 3.37. The smallest absolute Gasteiger partial charge is 0.232 e. The number of aromatic nitrogens is 3. The molecule has 0 bridgehead atoms. The lowest BCUT2D eigenvalue weighted by Gasteiger charge is -2.33. The molecule has 5 rings (SSSR count). The summed E-state index contributed by atoms with van der Waals surface area (Å²) in [5, 5.41) is 3.31. The van der Waals surface area contributed by atoms with Gasteiger partial charge in [-0.1, -0.05) is 30.3 Å². The molecule has 0 aliphatic carbocycles. The Bertz CT molecular complexity index is 967. The minimum absolute atomic E-state index is 0.540. The van der Waals surface area contributed by atoms with Crippen molar-refractivity contribution in [2.45, 2.75) is 25.8 Å². The Morgan fingerprint density at radius 2 is 1.56 bits per heavy atom. The van der Waals surface area contributed by atoms with Crippen LogP contribution in [0.2, 0.25) is 0 Å². The number of ether oxygens (including phenoxy) is 1. The fourth-order valence-corrected chi connectivity index (χ4v) is 4.34. The zero-order valence-electron chi connectivity index (χ0n) is 18.3. The van der Waals surface area contributed by atoms with E-state index in [1.165, 1.54) is 5.56 Å². The molecular weight excluding hydrogens is 404 g/mol. The van der Waals surface area contributed by atoms with Crippen LogP contribution in [0.25, 0.3) is 0 Å². The lowest BCUT2D eigenvalue weighted by molar-refractivity contribution is 0.122. The van der Waals surface area contributed by atoms with Crippen LogP contribution in [0, 0.1) is 5.92 Å². The largest absolute Gasteiger partial charge is 0.467 e. The van der Waals surface area contributed by atoms with Gasteiger partial charge in [-0.15, -0.1) is 0 Å². The van der Waals surface area contributed by atoms with E-state index in [0.717, 1.165) is 57.2 Å². The number of nitrogens with one attached hydrogen (secondary N) is 1. The fourth-order valence-electron chi connectivity index (χ4n) is 4.34. The highest BCUT2D eigenvalue weighted by Gasteiger charge is 2.24. The third-order valence-corrected chi connectivity index (χ3v) is 6.17. The van der Waals surface area contributed by atoms with Gasteiger partial charge in [0.25, 0.3) is 0 Å². The Morgan fingerprint density at radius 1 is 0.844 bits per heavy atom. The first kappa shape index (κ1) is 20.8. The Balaban J connectivity index is 1.29. The molecule has 1 N–H and O–H groups in total. The van der Waals surface area contributed by atoms with Crippen LogP contribution in [0.3, 0.4) is 0 Å². The number of rotatable bonds is 7. The molecule has 4 heterocycles. The Hall–Kier alpha value is -3.13. The maximum atomic E-state index is 5.50.